The molecule has 92 valence electrons. The van der Waals surface area contributed by atoms with Gasteiger partial charge in [0.05, 0.1) is 11.9 Å². The van der Waals surface area contributed by atoms with Crippen molar-refractivity contribution in [2.45, 2.75) is 13.8 Å². The normalized spacial score (nSPS) is 10.1. The van der Waals surface area contributed by atoms with Gasteiger partial charge in [-0.25, -0.2) is 15.0 Å². The molecule has 0 bridgehead atoms. The summed E-state index contributed by atoms with van der Waals surface area (Å²) in [5.74, 6) is -0.0869. The average molecular weight is 243 g/mol. The van der Waals surface area contributed by atoms with E-state index in [1.54, 1.807) is 12.1 Å². The van der Waals surface area contributed by atoms with Gasteiger partial charge in [-0.2, -0.15) is 0 Å². The van der Waals surface area contributed by atoms with E-state index < -0.39 is 0 Å². The molecule has 0 unspecified atom stereocenters. The molecule has 0 aliphatic rings. The molecule has 6 heteroatoms. The van der Waals surface area contributed by atoms with Gasteiger partial charge >= 0.3 is 0 Å². The van der Waals surface area contributed by atoms with Crippen LogP contribution in [0.25, 0.3) is 0 Å². The SMILES string of the molecule is Cc1cc(C)nc(NC(=O)c2ccc(N)cn2)n1. The molecule has 0 aromatic carbocycles. The summed E-state index contributed by atoms with van der Waals surface area (Å²) in [6.07, 6.45) is 1.43. The molecule has 0 saturated carbocycles. The Morgan fingerprint density at radius 1 is 1.22 bits per heavy atom. The van der Waals surface area contributed by atoms with Crippen LogP contribution in [-0.2, 0) is 0 Å². The number of nitrogens with one attached hydrogen (secondary N) is 1. The van der Waals surface area contributed by atoms with Crippen LogP contribution in [0.15, 0.2) is 24.4 Å². The molecule has 3 N–H and O–H groups in total. The molecule has 0 radical (unpaired) electrons. The number of anilines is 2. The summed E-state index contributed by atoms with van der Waals surface area (Å²) in [4.78, 5) is 24.0. The summed E-state index contributed by atoms with van der Waals surface area (Å²) in [5.41, 5.74) is 7.87. The molecule has 2 aromatic heterocycles. The maximum atomic E-state index is 11.9. The van der Waals surface area contributed by atoms with Crippen LogP contribution in [0.3, 0.4) is 0 Å². The van der Waals surface area contributed by atoms with Crippen LogP contribution >= 0.6 is 0 Å². The quantitative estimate of drug-likeness (QED) is 0.829. The summed E-state index contributed by atoms with van der Waals surface area (Å²) in [7, 11) is 0. The highest BCUT2D eigenvalue weighted by atomic mass is 16.2. The molecule has 18 heavy (non-hydrogen) atoms. The zero-order valence-corrected chi connectivity index (χ0v) is 10.1. The predicted octanol–water partition coefficient (Wildman–Crippen LogP) is 1.32. The molecule has 1 amide bonds. The van der Waals surface area contributed by atoms with Crippen molar-refractivity contribution < 1.29 is 4.79 Å². The molecule has 0 saturated heterocycles. The Balaban J connectivity index is 2.18. The Morgan fingerprint density at radius 2 is 1.89 bits per heavy atom. The number of hydrogen-bond donors (Lipinski definition) is 2. The number of aromatic nitrogens is 3. The third-order valence-electron chi connectivity index (χ3n) is 2.23. The van der Waals surface area contributed by atoms with Crippen molar-refractivity contribution in [3.8, 4) is 0 Å². The highest BCUT2D eigenvalue weighted by Crippen LogP contribution is 2.06. The molecule has 2 aromatic rings. The van der Waals surface area contributed by atoms with Gasteiger partial charge in [-0.1, -0.05) is 0 Å². The zero-order valence-electron chi connectivity index (χ0n) is 10.1. The first kappa shape index (κ1) is 12.0. The van der Waals surface area contributed by atoms with Crippen LogP contribution in [0.4, 0.5) is 11.6 Å². The topological polar surface area (TPSA) is 93.8 Å². The number of carbonyl (C=O) groups is 1. The molecule has 0 fully saturated rings. The second kappa shape index (κ2) is 4.79. The van der Waals surface area contributed by atoms with Gasteiger partial charge in [0.1, 0.15) is 5.69 Å². The lowest BCUT2D eigenvalue weighted by atomic mass is 10.3. The molecule has 0 spiro atoms. The minimum Gasteiger partial charge on any atom is -0.397 e. The third-order valence-corrected chi connectivity index (χ3v) is 2.23. The van der Waals surface area contributed by atoms with Crippen molar-refractivity contribution in [1.29, 1.82) is 0 Å². The van der Waals surface area contributed by atoms with Gasteiger partial charge in [0.2, 0.25) is 5.95 Å². The van der Waals surface area contributed by atoms with Crippen LogP contribution in [0.5, 0.6) is 0 Å². The second-order valence-corrected chi connectivity index (χ2v) is 3.91. The van der Waals surface area contributed by atoms with Crippen LogP contribution in [-0.4, -0.2) is 20.9 Å². The largest absolute Gasteiger partial charge is 0.397 e. The Kier molecular flexibility index (Phi) is 3.18. The summed E-state index contributed by atoms with van der Waals surface area (Å²) in [5, 5.41) is 2.59. The fourth-order valence-electron chi connectivity index (χ4n) is 1.49. The van der Waals surface area contributed by atoms with E-state index in [2.05, 4.69) is 20.3 Å². The highest BCUT2D eigenvalue weighted by molar-refractivity contribution is 6.01. The first-order valence-electron chi connectivity index (χ1n) is 5.40. The Hall–Kier alpha value is -2.50. The van der Waals surface area contributed by atoms with Crippen molar-refractivity contribution in [3.05, 3.63) is 41.5 Å². The fourth-order valence-corrected chi connectivity index (χ4v) is 1.49. The van der Waals surface area contributed by atoms with E-state index in [1.165, 1.54) is 6.20 Å². The van der Waals surface area contributed by atoms with Gasteiger partial charge in [0.25, 0.3) is 5.91 Å². The summed E-state index contributed by atoms with van der Waals surface area (Å²) >= 11 is 0. The number of hydrogen-bond acceptors (Lipinski definition) is 5. The van der Waals surface area contributed by atoms with Crippen LogP contribution in [0.2, 0.25) is 0 Å². The molecular weight excluding hydrogens is 230 g/mol. The van der Waals surface area contributed by atoms with Gasteiger partial charge in [-0.05, 0) is 32.0 Å². The van der Waals surface area contributed by atoms with Crippen molar-refractivity contribution in [1.82, 2.24) is 15.0 Å². The van der Waals surface area contributed by atoms with Crippen LogP contribution in [0, 0.1) is 13.8 Å². The van der Waals surface area contributed by atoms with Gasteiger partial charge in [-0.15, -0.1) is 0 Å². The zero-order chi connectivity index (χ0) is 13.1. The van der Waals surface area contributed by atoms with Gasteiger partial charge < -0.3 is 5.73 Å². The standard InChI is InChI=1S/C12H13N5O/c1-7-5-8(2)16-12(15-7)17-11(18)10-4-3-9(13)6-14-10/h3-6H,13H2,1-2H3,(H,15,16,17,18). The van der Waals surface area contributed by atoms with E-state index in [-0.39, 0.29) is 17.5 Å². The van der Waals surface area contributed by atoms with Crippen LogP contribution in [0.1, 0.15) is 21.9 Å². The molecule has 2 heterocycles. The van der Waals surface area contributed by atoms with E-state index >= 15 is 0 Å². The van der Waals surface area contributed by atoms with Gasteiger partial charge in [0.15, 0.2) is 0 Å². The number of carbonyl (C=O) groups excluding carboxylic acids is 1. The molecule has 0 aliphatic heterocycles. The lowest BCUT2D eigenvalue weighted by molar-refractivity contribution is 0.102. The number of nitrogen functional groups attached to an aromatic ring is 1. The average Bonchev–Trinajstić information content (AvgIpc) is 2.28. The number of rotatable bonds is 2. The number of aryl methyl sites for hydroxylation is 2. The van der Waals surface area contributed by atoms with Crippen molar-refractivity contribution in [2.75, 3.05) is 11.1 Å². The third kappa shape index (κ3) is 2.79. The number of amides is 1. The number of nitrogens with zero attached hydrogens (tertiary/aromatic N) is 3. The summed E-state index contributed by atoms with van der Waals surface area (Å²) in [6.45, 7) is 3.68. The minimum absolute atomic E-state index is 0.270. The van der Waals surface area contributed by atoms with E-state index in [0.717, 1.165) is 11.4 Å². The summed E-state index contributed by atoms with van der Waals surface area (Å²) in [6, 6.07) is 4.99. The first-order valence-corrected chi connectivity index (χ1v) is 5.40. The molecule has 6 nitrogen and oxygen atoms in total. The monoisotopic (exact) mass is 243 g/mol. The Bertz CT molecular complexity index is 559. The minimum atomic E-state index is -0.361. The maximum absolute atomic E-state index is 11.9. The maximum Gasteiger partial charge on any atom is 0.276 e. The van der Waals surface area contributed by atoms with Gasteiger partial charge in [-0.3, -0.25) is 10.1 Å². The molecular formula is C12H13N5O. The van der Waals surface area contributed by atoms with E-state index in [0.29, 0.717) is 5.69 Å². The highest BCUT2D eigenvalue weighted by Gasteiger charge is 2.09. The van der Waals surface area contributed by atoms with Crippen molar-refractivity contribution >= 4 is 17.5 Å². The van der Waals surface area contributed by atoms with Crippen LogP contribution < -0.4 is 11.1 Å². The number of pyridine rings is 1. The smallest absolute Gasteiger partial charge is 0.276 e. The van der Waals surface area contributed by atoms with Crippen molar-refractivity contribution in [2.24, 2.45) is 0 Å². The van der Waals surface area contributed by atoms with Gasteiger partial charge in [0, 0.05) is 11.4 Å². The molecule has 0 aliphatic carbocycles. The predicted molar refractivity (Wildman–Crippen MR) is 68.1 cm³/mol. The first-order chi connectivity index (χ1) is 8.54. The fraction of sp³-hybridized carbons (Fsp3) is 0.167. The van der Waals surface area contributed by atoms with E-state index in [9.17, 15) is 4.79 Å². The van der Waals surface area contributed by atoms with Crippen molar-refractivity contribution in [3.63, 3.8) is 0 Å². The summed E-state index contributed by atoms with van der Waals surface area (Å²) < 4.78 is 0. The van der Waals surface area contributed by atoms with E-state index in [1.807, 2.05) is 19.9 Å². The molecule has 0 atom stereocenters. The van der Waals surface area contributed by atoms with E-state index in [4.69, 9.17) is 5.73 Å². The number of nitrogens with two attached hydrogens (primary N) is 1. The Labute approximate surface area is 104 Å². The molecule has 2 rings (SSSR count). The second-order valence-electron chi connectivity index (χ2n) is 3.91. The lowest BCUT2D eigenvalue weighted by Crippen LogP contribution is -2.16. The lowest BCUT2D eigenvalue weighted by Gasteiger charge is -2.05. The Morgan fingerprint density at radius 3 is 2.44 bits per heavy atom.